The molecule has 7 heteroatoms. The third-order valence-corrected chi connectivity index (χ3v) is 4.88. The van der Waals surface area contributed by atoms with Gasteiger partial charge in [-0.2, -0.15) is 13.2 Å². The van der Waals surface area contributed by atoms with Gasteiger partial charge in [0.2, 0.25) is 0 Å². The number of aliphatic hydroxyl groups excluding tert-OH is 1. The standard InChI is InChI=1S/C21H25F3N2O2/c22-21(23,24)17-5-4-6-18(15-17)26-13-11-25(12-14-26)10-9-19(27)16-28-20-7-2-1-3-8-20/h1-8,15,19,27H,9-14,16H2. The predicted molar refractivity (Wildman–Crippen MR) is 103 cm³/mol. The Hall–Kier alpha value is -2.25. The number of nitrogens with zero attached hydrogens (tertiary/aromatic N) is 2. The highest BCUT2D eigenvalue weighted by Crippen LogP contribution is 2.31. The van der Waals surface area contributed by atoms with Crippen molar-refractivity contribution in [2.24, 2.45) is 0 Å². The molecule has 1 heterocycles. The van der Waals surface area contributed by atoms with E-state index in [0.29, 0.717) is 25.2 Å². The first-order valence-electron chi connectivity index (χ1n) is 9.42. The lowest BCUT2D eigenvalue weighted by Crippen LogP contribution is -2.47. The van der Waals surface area contributed by atoms with Gasteiger partial charge in [-0.3, -0.25) is 4.90 Å². The van der Waals surface area contributed by atoms with Gasteiger partial charge in [0.15, 0.2) is 0 Å². The summed E-state index contributed by atoms with van der Waals surface area (Å²) in [5.41, 5.74) is -0.0141. The van der Waals surface area contributed by atoms with E-state index < -0.39 is 17.8 Å². The number of aliphatic hydroxyl groups is 1. The summed E-state index contributed by atoms with van der Waals surface area (Å²) < 4.78 is 44.2. The molecule has 28 heavy (non-hydrogen) atoms. The molecule has 0 aromatic heterocycles. The molecule has 0 aliphatic carbocycles. The Morgan fingerprint density at radius 2 is 1.68 bits per heavy atom. The van der Waals surface area contributed by atoms with E-state index in [4.69, 9.17) is 4.74 Å². The number of alkyl halides is 3. The minimum absolute atomic E-state index is 0.244. The zero-order chi connectivity index (χ0) is 20.0. The Balaban J connectivity index is 1.41. The largest absolute Gasteiger partial charge is 0.491 e. The third kappa shape index (κ3) is 5.87. The van der Waals surface area contributed by atoms with E-state index >= 15 is 0 Å². The number of hydrogen-bond donors (Lipinski definition) is 1. The molecule has 1 N–H and O–H groups in total. The van der Waals surface area contributed by atoms with Gasteiger partial charge >= 0.3 is 6.18 Å². The lowest BCUT2D eigenvalue weighted by Gasteiger charge is -2.36. The van der Waals surface area contributed by atoms with Crippen LogP contribution in [0.5, 0.6) is 5.75 Å². The molecule has 4 nitrogen and oxygen atoms in total. The molecule has 2 aromatic carbocycles. The first kappa shape index (κ1) is 20.5. The highest BCUT2D eigenvalue weighted by Gasteiger charge is 2.31. The summed E-state index contributed by atoms with van der Waals surface area (Å²) in [7, 11) is 0. The number of hydrogen-bond acceptors (Lipinski definition) is 4. The van der Waals surface area contributed by atoms with E-state index in [1.54, 1.807) is 6.07 Å². The number of piperazine rings is 1. The van der Waals surface area contributed by atoms with E-state index in [1.807, 2.05) is 35.2 Å². The number of rotatable bonds is 7. The van der Waals surface area contributed by atoms with Crippen LogP contribution in [0.3, 0.4) is 0 Å². The van der Waals surface area contributed by atoms with Gasteiger partial charge < -0.3 is 14.7 Å². The Morgan fingerprint density at radius 1 is 0.964 bits per heavy atom. The zero-order valence-corrected chi connectivity index (χ0v) is 15.6. The van der Waals surface area contributed by atoms with E-state index in [1.165, 1.54) is 12.1 Å². The number of ether oxygens (including phenoxy) is 1. The third-order valence-electron chi connectivity index (χ3n) is 4.88. The Bertz CT molecular complexity index is 732. The summed E-state index contributed by atoms with van der Waals surface area (Å²) in [5, 5.41) is 10.1. The topological polar surface area (TPSA) is 35.9 Å². The molecule has 1 atom stereocenters. The normalized spacial score (nSPS) is 16.8. The molecule has 3 rings (SSSR count). The zero-order valence-electron chi connectivity index (χ0n) is 15.6. The van der Waals surface area contributed by atoms with E-state index in [-0.39, 0.29) is 6.61 Å². The fraction of sp³-hybridized carbons (Fsp3) is 0.429. The second kappa shape index (κ2) is 9.30. The first-order valence-corrected chi connectivity index (χ1v) is 9.42. The highest BCUT2D eigenvalue weighted by atomic mass is 19.4. The van der Waals surface area contributed by atoms with Crippen LogP contribution in [-0.2, 0) is 6.18 Å². The van der Waals surface area contributed by atoms with E-state index in [0.717, 1.165) is 31.5 Å². The highest BCUT2D eigenvalue weighted by molar-refractivity contribution is 5.49. The quantitative estimate of drug-likeness (QED) is 0.778. The van der Waals surface area contributed by atoms with Crippen molar-refractivity contribution < 1.29 is 23.0 Å². The SMILES string of the molecule is OC(CCN1CCN(c2cccc(C(F)(F)F)c2)CC1)COc1ccccc1. The minimum Gasteiger partial charge on any atom is -0.491 e. The van der Waals surface area contributed by atoms with E-state index in [2.05, 4.69) is 4.90 Å². The maximum absolute atomic E-state index is 12.9. The Labute approximate surface area is 163 Å². The van der Waals surface area contributed by atoms with Crippen LogP contribution in [0, 0.1) is 0 Å². The Kier molecular flexibility index (Phi) is 6.80. The van der Waals surface area contributed by atoms with Crippen LogP contribution in [-0.4, -0.2) is 55.4 Å². The second-order valence-electron chi connectivity index (χ2n) is 6.94. The number of halogens is 3. The fourth-order valence-electron chi connectivity index (χ4n) is 3.23. The summed E-state index contributed by atoms with van der Waals surface area (Å²) in [6, 6.07) is 14.8. The summed E-state index contributed by atoms with van der Waals surface area (Å²) in [4.78, 5) is 4.19. The summed E-state index contributed by atoms with van der Waals surface area (Å²) >= 11 is 0. The first-order chi connectivity index (χ1) is 13.4. The van der Waals surface area contributed by atoms with Gasteiger partial charge in [0, 0.05) is 38.4 Å². The van der Waals surface area contributed by atoms with E-state index in [9.17, 15) is 18.3 Å². The van der Waals surface area contributed by atoms with Gasteiger partial charge in [0.25, 0.3) is 0 Å². The number of para-hydroxylation sites is 1. The molecule has 0 spiro atoms. The van der Waals surface area contributed by atoms with Gasteiger partial charge in [0.1, 0.15) is 12.4 Å². The average molecular weight is 394 g/mol. The van der Waals surface area contributed by atoms with Crippen molar-refractivity contribution in [1.29, 1.82) is 0 Å². The summed E-state index contributed by atoms with van der Waals surface area (Å²) in [5.74, 6) is 0.733. The molecule has 0 radical (unpaired) electrons. The predicted octanol–water partition coefficient (Wildman–Crippen LogP) is 3.66. The molecule has 1 unspecified atom stereocenters. The fourth-order valence-corrected chi connectivity index (χ4v) is 3.23. The van der Waals surface area contributed by atoms with Gasteiger partial charge in [-0.1, -0.05) is 24.3 Å². The maximum atomic E-state index is 12.9. The van der Waals surface area contributed by atoms with Gasteiger partial charge in [0.05, 0.1) is 11.7 Å². The molecular formula is C21H25F3N2O2. The Morgan fingerprint density at radius 3 is 2.36 bits per heavy atom. The second-order valence-corrected chi connectivity index (χ2v) is 6.94. The lowest BCUT2D eigenvalue weighted by molar-refractivity contribution is -0.137. The molecule has 152 valence electrons. The minimum atomic E-state index is -4.32. The molecule has 1 aliphatic rings. The van der Waals surface area contributed by atoms with Crippen molar-refractivity contribution in [2.45, 2.75) is 18.7 Å². The van der Waals surface area contributed by atoms with Crippen LogP contribution in [0.1, 0.15) is 12.0 Å². The molecule has 1 fully saturated rings. The molecule has 0 saturated carbocycles. The molecule has 1 aliphatic heterocycles. The number of anilines is 1. The van der Waals surface area contributed by atoms with Crippen molar-refractivity contribution in [3.8, 4) is 5.75 Å². The van der Waals surface area contributed by atoms with Gasteiger partial charge in [-0.25, -0.2) is 0 Å². The van der Waals surface area contributed by atoms with Gasteiger partial charge in [-0.15, -0.1) is 0 Å². The smallest absolute Gasteiger partial charge is 0.416 e. The molecule has 1 saturated heterocycles. The molecular weight excluding hydrogens is 369 g/mol. The van der Waals surface area contributed by atoms with Crippen molar-refractivity contribution in [3.63, 3.8) is 0 Å². The maximum Gasteiger partial charge on any atom is 0.416 e. The van der Waals surface area contributed by atoms with Crippen LogP contribution in [0.25, 0.3) is 0 Å². The summed E-state index contributed by atoms with van der Waals surface area (Å²) in [6.45, 7) is 3.81. The van der Waals surface area contributed by atoms with Crippen LogP contribution < -0.4 is 9.64 Å². The van der Waals surface area contributed by atoms with Crippen LogP contribution >= 0.6 is 0 Å². The average Bonchev–Trinajstić information content (AvgIpc) is 2.71. The lowest BCUT2D eigenvalue weighted by atomic mass is 10.1. The monoisotopic (exact) mass is 394 g/mol. The van der Waals surface area contributed by atoms with Crippen molar-refractivity contribution >= 4 is 5.69 Å². The van der Waals surface area contributed by atoms with Crippen LogP contribution in [0.15, 0.2) is 54.6 Å². The van der Waals surface area contributed by atoms with Crippen molar-refractivity contribution in [1.82, 2.24) is 4.90 Å². The number of benzene rings is 2. The van der Waals surface area contributed by atoms with Gasteiger partial charge in [-0.05, 0) is 36.8 Å². The van der Waals surface area contributed by atoms with Crippen molar-refractivity contribution in [3.05, 3.63) is 60.2 Å². The van der Waals surface area contributed by atoms with Crippen molar-refractivity contribution in [2.75, 3.05) is 44.2 Å². The molecule has 0 amide bonds. The molecule has 0 bridgehead atoms. The van der Waals surface area contributed by atoms with Crippen LogP contribution in [0.4, 0.5) is 18.9 Å². The molecule has 2 aromatic rings. The summed E-state index contributed by atoms with van der Waals surface area (Å²) in [6.07, 6.45) is -4.28. The van der Waals surface area contributed by atoms with Crippen LogP contribution in [0.2, 0.25) is 0 Å².